The van der Waals surface area contributed by atoms with Gasteiger partial charge in [-0.2, -0.15) is 5.10 Å². The zero-order valence-corrected chi connectivity index (χ0v) is 13.8. The highest BCUT2D eigenvalue weighted by atomic mass is 15.3. The van der Waals surface area contributed by atoms with Crippen molar-refractivity contribution in [2.24, 2.45) is 4.99 Å². The van der Waals surface area contributed by atoms with E-state index in [0.717, 1.165) is 45.1 Å². The van der Waals surface area contributed by atoms with Gasteiger partial charge in [-0.05, 0) is 32.9 Å². The van der Waals surface area contributed by atoms with E-state index in [-0.39, 0.29) is 0 Å². The maximum atomic E-state index is 4.24. The van der Waals surface area contributed by atoms with Crippen molar-refractivity contribution in [2.45, 2.75) is 39.8 Å². The Bertz CT molecular complexity index is 385. The Balaban J connectivity index is 2.14. The SMILES string of the molecule is CCN(CCNC(=NC)NCCCn1cccn1)C(C)C. The molecule has 6 heteroatoms. The van der Waals surface area contributed by atoms with Crippen LogP contribution < -0.4 is 10.6 Å². The molecule has 0 saturated heterocycles. The predicted molar refractivity (Wildman–Crippen MR) is 88.6 cm³/mol. The van der Waals surface area contributed by atoms with Crippen LogP contribution in [0.1, 0.15) is 27.2 Å². The second kappa shape index (κ2) is 10.2. The third-order valence-electron chi connectivity index (χ3n) is 3.47. The Kier molecular flexibility index (Phi) is 8.50. The normalized spacial score (nSPS) is 12.2. The Morgan fingerprint density at radius 2 is 2.10 bits per heavy atom. The zero-order chi connectivity index (χ0) is 15.5. The summed E-state index contributed by atoms with van der Waals surface area (Å²) in [6, 6.07) is 2.53. The summed E-state index contributed by atoms with van der Waals surface area (Å²) in [5.41, 5.74) is 0. The van der Waals surface area contributed by atoms with Crippen LogP contribution in [-0.4, -0.2) is 59.9 Å². The lowest BCUT2D eigenvalue weighted by Gasteiger charge is -2.25. The molecular formula is C15H30N6. The maximum absolute atomic E-state index is 4.24. The van der Waals surface area contributed by atoms with Crippen LogP contribution in [0.25, 0.3) is 0 Å². The fourth-order valence-corrected chi connectivity index (χ4v) is 2.20. The summed E-state index contributed by atoms with van der Waals surface area (Å²) in [6.45, 7) is 11.5. The van der Waals surface area contributed by atoms with E-state index < -0.39 is 0 Å². The Labute approximate surface area is 128 Å². The van der Waals surface area contributed by atoms with Crippen molar-refractivity contribution in [2.75, 3.05) is 33.2 Å². The third-order valence-corrected chi connectivity index (χ3v) is 3.47. The standard InChI is InChI=1S/C15H30N6/c1-5-20(14(2)3)13-10-18-15(16-4)17-8-6-11-21-12-7-9-19-21/h7,9,12,14H,5-6,8,10-11,13H2,1-4H3,(H2,16,17,18). The van der Waals surface area contributed by atoms with Crippen molar-refractivity contribution in [1.29, 1.82) is 0 Å². The molecule has 0 aliphatic heterocycles. The maximum Gasteiger partial charge on any atom is 0.191 e. The van der Waals surface area contributed by atoms with E-state index in [0.29, 0.717) is 6.04 Å². The van der Waals surface area contributed by atoms with Crippen LogP contribution in [-0.2, 0) is 6.54 Å². The molecule has 1 rings (SSSR count). The number of guanidine groups is 1. The first kappa shape index (κ1) is 17.5. The number of rotatable bonds is 9. The number of aliphatic imine (C=N–C) groups is 1. The van der Waals surface area contributed by atoms with Gasteiger partial charge >= 0.3 is 0 Å². The number of nitrogens with one attached hydrogen (secondary N) is 2. The van der Waals surface area contributed by atoms with E-state index in [4.69, 9.17) is 0 Å². The molecule has 1 heterocycles. The molecule has 120 valence electrons. The zero-order valence-electron chi connectivity index (χ0n) is 13.8. The highest BCUT2D eigenvalue weighted by Crippen LogP contribution is 1.95. The highest BCUT2D eigenvalue weighted by Gasteiger charge is 2.06. The van der Waals surface area contributed by atoms with E-state index in [9.17, 15) is 0 Å². The fourth-order valence-electron chi connectivity index (χ4n) is 2.20. The number of hydrogen-bond acceptors (Lipinski definition) is 3. The minimum atomic E-state index is 0.584. The van der Waals surface area contributed by atoms with Crippen LogP contribution in [0.2, 0.25) is 0 Å². The Hall–Kier alpha value is -1.56. The molecule has 0 aliphatic rings. The summed E-state index contributed by atoms with van der Waals surface area (Å²) < 4.78 is 1.94. The molecule has 0 unspecified atom stereocenters. The van der Waals surface area contributed by atoms with Gasteiger partial charge in [0.15, 0.2) is 5.96 Å². The quantitative estimate of drug-likeness (QED) is 0.408. The third kappa shape index (κ3) is 7.13. The molecule has 0 aromatic carbocycles. The summed E-state index contributed by atoms with van der Waals surface area (Å²) in [5, 5.41) is 10.9. The first-order valence-corrected chi connectivity index (χ1v) is 7.83. The van der Waals surface area contributed by atoms with E-state index in [1.54, 1.807) is 0 Å². The summed E-state index contributed by atoms with van der Waals surface area (Å²) >= 11 is 0. The Morgan fingerprint density at radius 3 is 2.67 bits per heavy atom. The molecule has 21 heavy (non-hydrogen) atoms. The smallest absolute Gasteiger partial charge is 0.191 e. The predicted octanol–water partition coefficient (Wildman–Crippen LogP) is 1.17. The van der Waals surface area contributed by atoms with Gasteiger partial charge in [0.1, 0.15) is 0 Å². The van der Waals surface area contributed by atoms with E-state index >= 15 is 0 Å². The molecule has 0 saturated carbocycles. The minimum absolute atomic E-state index is 0.584. The molecule has 0 radical (unpaired) electrons. The molecule has 6 nitrogen and oxygen atoms in total. The number of hydrogen-bond donors (Lipinski definition) is 2. The number of aromatic nitrogens is 2. The summed E-state index contributed by atoms with van der Waals surface area (Å²) in [4.78, 5) is 6.67. The van der Waals surface area contributed by atoms with Crippen LogP contribution in [0.3, 0.4) is 0 Å². The number of likely N-dealkylation sites (N-methyl/N-ethyl adjacent to an activating group) is 1. The number of nitrogens with zero attached hydrogens (tertiary/aromatic N) is 4. The van der Waals surface area contributed by atoms with Gasteiger partial charge in [-0.3, -0.25) is 14.6 Å². The molecule has 1 aromatic rings. The lowest BCUT2D eigenvalue weighted by Crippen LogP contribution is -2.43. The second-order valence-corrected chi connectivity index (χ2v) is 5.27. The van der Waals surface area contributed by atoms with Gasteiger partial charge in [0.25, 0.3) is 0 Å². The van der Waals surface area contributed by atoms with Crippen molar-refractivity contribution in [3.63, 3.8) is 0 Å². The van der Waals surface area contributed by atoms with Gasteiger partial charge in [0, 0.05) is 51.7 Å². The van der Waals surface area contributed by atoms with Crippen molar-refractivity contribution in [1.82, 2.24) is 25.3 Å². The first-order valence-electron chi connectivity index (χ1n) is 7.83. The van der Waals surface area contributed by atoms with Crippen molar-refractivity contribution < 1.29 is 0 Å². The van der Waals surface area contributed by atoms with Crippen molar-refractivity contribution in [3.8, 4) is 0 Å². The van der Waals surface area contributed by atoms with E-state index in [1.165, 1.54) is 0 Å². The molecule has 1 aromatic heterocycles. The molecular weight excluding hydrogens is 264 g/mol. The van der Waals surface area contributed by atoms with Crippen LogP contribution in [0.15, 0.2) is 23.5 Å². The molecule has 0 amide bonds. The van der Waals surface area contributed by atoms with E-state index in [2.05, 4.69) is 46.4 Å². The minimum Gasteiger partial charge on any atom is -0.356 e. The van der Waals surface area contributed by atoms with Gasteiger partial charge < -0.3 is 10.6 Å². The van der Waals surface area contributed by atoms with Crippen LogP contribution in [0, 0.1) is 0 Å². The monoisotopic (exact) mass is 294 g/mol. The summed E-state index contributed by atoms with van der Waals surface area (Å²) in [5.74, 6) is 0.871. The van der Waals surface area contributed by atoms with Gasteiger partial charge in [0.05, 0.1) is 0 Å². The average molecular weight is 294 g/mol. The van der Waals surface area contributed by atoms with Crippen molar-refractivity contribution >= 4 is 5.96 Å². The van der Waals surface area contributed by atoms with E-state index in [1.807, 2.05) is 30.2 Å². The van der Waals surface area contributed by atoms with Crippen molar-refractivity contribution in [3.05, 3.63) is 18.5 Å². The molecule has 0 fully saturated rings. The van der Waals surface area contributed by atoms with Gasteiger partial charge in [-0.1, -0.05) is 6.92 Å². The first-order chi connectivity index (χ1) is 10.2. The highest BCUT2D eigenvalue weighted by molar-refractivity contribution is 5.79. The molecule has 2 N–H and O–H groups in total. The molecule has 0 aliphatic carbocycles. The average Bonchev–Trinajstić information content (AvgIpc) is 2.98. The van der Waals surface area contributed by atoms with Crippen LogP contribution >= 0.6 is 0 Å². The van der Waals surface area contributed by atoms with Crippen LogP contribution in [0.5, 0.6) is 0 Å². The summed E-state index contributed by atoms with van der Waals surface area (Å²) in [6.07, 6.45) is 4.82. The fraction of sp³-hybridized carbons (Fsp3) is 0.733. The van der Waals surface area contributed by atoms with Gasteiger partial charge in [-0.15, -0.1) is 0 Å². The van der Waals surface area contributed by atoms with Crippen LogP contribution in [0.4, 0.5) is 0 Å². The second-order valence-electron chi connectivity index (χ2n) is 5.27. The molecule has 0 atom stereocenters. The lowest BCUT2D eigenvalue weighted by molar-refractivity contribution is 0.237. The molecule has 0 bridgehead atoms. The number of aryl methyl sites for hydroxylation is 1. The Morgan fingerprint density at radius 1 is 1.33 bits per heavy atom. The van der Waals surface area contributed by atoms with Gasteiger partial charge in [-0.25, -0.2) is 0 Å². The molecule has 0 spiro atoms. The summed E-state index contributed by atoms with van der Waals surface area (Å²) in [7, 11) is 1.81. The topological polar surface area (TPSA) is 57.5 Å². The lowest BCUT2D eigenvalue weighted by atomic mass is 10.3. The van der Waals surface area contributed by atoms with Gasteiger partial charge in [0.2, 0.25) is 0 Å². The largest absolute Gasteiger partial charge is 0.356 e.